The summed E-state index contributed by atoms with van der Waals surface area (Å²) in [5.41, 5.74) is 3.13. The summed E-state index contributed by atoms with van der Waals surface area (Å²) in [5, 5.41) is 0. The number of halogens is 1. The number of aryl methyl sites for hydroxylation is 2. The average Bonchev–Trinajstić information content (AvgIpc) is 2.58. The zero-order valence-corrected chi connectivity index (χ0v) is 11.4. The van der Waals surface area contributed by atoms with Crippen LogP contribution in [0.1, 0.15) is 37.3 Å². The van der Waals surface area contributed by atoms with Gasteiger partial charge in [-0.25, -0.2) is 4.98 Å². The van der Waals surface area contributed by atoms with Crippen LogP contribution in [0.4, 0.5) is 0 Å². The van der Waals surface area contributed by atoms with Crippen LogP contribution in [-0.4, -0.2) is 10.9 Å². The summed E-state index contributed by atoms with van der Waals surface area (Å²) in [6.45, 7) is 6.61. The number of hydrogen-bond donors (Lipinski definition) is 0. The molecule has 0 saturated heterocycles. The summed E-state index contributed by atoms with van der Waals surface area (Å²) in [7, 11) is 0. The van der Waals surface area contributed by atoms with Gasteiger partial charge < -0.3 is 0 Å². The Kier molecular flexibility index (Phi) is 5.62. The molecule has 0 amide bonds. The normalized spacial score (nSPS) is 13.4. The summed E-state index contributed by atoms with van der Waals surface area (Å²) >= 11 is 7.75. The highest BCUT2D eigenvalue weighted by atomic mass is 35.5. The van der Waals surface area contributed by atoms with Gasteiger partial charge in [-0.2, -0.15) is 0 Å². The van der Waals surface area contributed by atoms with Crippen molar-refractivity contribution >= 4 is 22.9 Å². The van der Waals surface area contributed by atoms with E-state index in [-0.39, 0.29) is 0 Å². The van der Waals surface area contributed by atoms with Crippen molar-refractivity contribution in [1.82, 2.24) is 4.98 Å². The molecule has 0 N–H and O–H groups in total. The summed E-state index contributed by atoms with van der Waals surface area (Å²) in [6.07, 6.45) is 3.58. The minimum atomic E-state index is 0.660. The molecule has 1 nitrogen and oxygen atoms in total. The molecule has 1 aromatic heterocycles. The van der Waals surface area contributed by atoms with E-state index in [1.54, 1.807) is 11.3 Å². The van der Waals surface area contributed by atoms with E-state index in [1.165, 1.54) is 23.4 Å². The molecule has 1 unspecified atom stereocenters. The maximum atomic E-state index is 5.98. The molecule has 0 bridgehead atoms. The van der Waals surface area contributed by atoms with Crippen LogP contribution >= 0.6 is 22.9 Å². The number of hydrogen-bond acceptors (Lipinski definition) is 2. The highest BCUT2D eigenvalue weighted by molar-refractivity contribution is 7.09. The Morgan fingerprint density at radius 2 is 2.20 bits per heavy atom. The number of rotatable bonds is 6. The molecule has 1 rings (SSSR count). The first-order valence-electron chi connectivity index (χ1n) is 5.58. The summed E-state index contributed by atoms with van der Waals surface area (Å²) in [6, 6.07) is 0. The van der Waals surface area contributed by atoms with Crippen molar-refractivity contribution in [3.8, 4) is 0 Å². The van der Waals surface area contributed by atoms with Gasteiger partial charge in [0.1, 0.15) is 0 Å². The molecule has 0 aliphatic heterocycles. The summed E-state index contributed by atoms with van der Waals surface area (Å²) < 4.78 is 0. The zero-order chi connectivity index (χ0) is 11.3. The molecule has 1 aromatic rings. The summed E-state index contributed by atoms with van der Waals surface area (Å²) in [5.74, 6) is 2.19. The van der Waals surface area contributed by atoms with Gasteiger partial charge in [0.15, 0.2) is 0 Å². The highest BCUT2D eigenvalue weighted by Crippen LogP contribution is 2.22. The number of aromatic nitrogens is 1. The maximum absolute atomic E-state index is 5.98. The van der Waals surface area contributed by atoms with Crippen LogP contribution in [0.3, 0.4) is 0 Å². The Balaban J connectivity index is 2.37. The predicted octanol–water partition coefficient (Wildman–Crippen LogP) is 4.29. The van der Waals surface area contributed by atoms with Crippen LogP contribution in [0, 0.1) is 18.8 Å². The first-order valence-corrected chi connectivity index (χ1v) is 6.99. The minimum Gasteiger partial charge on any atom is -0.250 e. The van der Waals surface area contributed by atoms with Crippen LogP contribution in [0.2, 0.25) is 0 Å². The first-order chi connectivity index (χ1) is 7.13. The van der Waals surface area contributed by atoms with Crippen LogP contribution in [-0.2, 0) is 6.42 Å². The van der Waals surface area contributed by atoms with E-state index in [4.69, 9.17) is 11.6 Å². The molecule has 3 heteroatoms. The third-order valence-electron chi connectivity index (χ3n) is 2.65. The Morgan fingerprint density at radius 3 is 2.67 bits per heavy atom. The van der Waals surface area contributed by atoms with Crippen LogP contribution in [0.15, 0.2) is 5.51 Å². The lowest BCUT2D eigenvalue weighted by Crippen LogP contribution is -2.07. The fourth-order valence-electron chi connectivity index (χ4n) is 1.83. The maximum Gasteiger partial charge on any atom is 0.0797 e. The van der Waals surface area contributed by atoms with Gasteiger partial charge >= 0.3 is 0 Å². The van der Waals surface area contributed by atoms with Gasteiger partial charge in [0.25, 0.3) is 0 Å². The minimum absolute atomic E-state index is 0.660. The fourth-order valence-corrected chi connectivity index (χ4v) is 2.90. The molecule has 0 saturated carbocycles. The van der Waals surface area contributed by atoms with E-state index < -0.39 is 0 Å². The summed E-state index contributed by atoms with van der Waals surface area (Å²) in [4.78, 5) is 5.69. The lowest BCUT2D eigenvalue weighted by molar-refractivity contribution is 0.420. The molecule has 15 heavy (non-hydrogen) atoms. The Labute approximate surface area is 102 Å². The molecule has 1 atom stereocenters. The van der Waals surface area contributed by atoms with E-state index in [1.807, 2.05) is 5.51 Å². The van der Waals surface area contributed by atoms with Crippen molar-refractivity contribution in [2.24, 2.45) is 11.8 Å². The quantitative estimate of drug-likeness (QED) is 0.682. The number of thiazole rings is 1. The van der Waals surface area contributed by atoms with E-state index in [0.717, 1.165) is 18.2 Å². The zero-order valence-electron chi connectivity index (χ0n) is 9.79. The van der Waals surface area contributed by atoms with Gasteiger partial charge in [0.05, 0.1) is 11.2 Å². The second kappa shape index (κ2) is 6.49. The fraction of sp³-hybridized carbons (Fsp3) is 0.750. The Hall–Kier alpha value is -0.0800. The SMILES string of the molecule is Cc1ncsc1CCC(CCl)CC(C)C. The third kappa shape index (κ3) is 4.52. The van der Waals surface area contributed by atoms with E-state index in [9.17, 15) is 0 Å². The van der Waals surface area contributed by atoms with Crippen LogP contribution in [0.5, 0.6) is 0 Å². The molecule has 0 spiro atoms. The van der Waals surface area contributed by atoms with Gasteiger partial charge in [0.2, 0.25) is 0 Å². The van der Waals surface area contributed by atoms with Gasteiger partial charge in [-0.05, 0) is 38.0 Å². The molecule has 0 fully saturated rings. The lowest BCUT2D eigenvalue weighted by atomic mass is 9.94. The van der Waals surface area contributed by atoms with Crippen molar-refractivity contribution in [3.05, 3.63) is 16.1 Å². The molecule has 0 aliphatic carbocycles. The molecule has 0 aromatic carbocycles. The molecule has 0 aliphatic rings. The van der Waals surface area contributed by atoms with E-state index in [2.05, 4.69) is 25.8 Å². The van der Waals surface area contributed by atoms with E-state index >= 15 is 0 Å². The van der Waals surface area contributed by atoms with Crippen molar-refractivity contribution in [2.75, 3.05) is 5.88 Å². The van der Waals surface area contributed by atoms with Crippen molar-refractivity contribution in [2.45, 2.75) is 40.0 Å². The second-order valence-electron chi connectivity index (χ2n) is 4.55. The first kappa shape index (κ1) is 13.0. The molecule has 0 radical (unpaired) electrons. The monoisotopic (exact) mass is 245 g/mol. The predicted molar refractivity (Wildman–Crippen MR) is 68.8 cm³/mol. The Morgan fingerprint density at radius 1 is 1.47 bits per heavy atom. The lowest BCUT2D eigenvalue weighted by Gasteiger charge is -2.15. The molecule has 1 heterocycles. The van der Waals surface area contributed by atoms with Gasteiger partial charge in [-0.3, -0.25) is 0 Å². The van der Waals surface area contributed by atoms with Crippen LogP contribution in [0.25, 0.3) is 0 Å². The molecular formula is C12H20ClNS. The van der Waals surface area contributed by atoms with Crippen molar-refractivity contribution in [3.63, 3.8) is 0 Å². The number of alkyl halides is 1. The standard InChI is InChI=1S/C12H20ClNS/c1-9(2)6-11(7-13)4-5-12-10(3)14-8-15-12/h8-9,11H,4-7H2,1-3H3. The highest BCUT2D eigenvalue weighted by Gasteiger charge is 2.11. The largest absolute Gasteiger partial charge is 0.250 e. The van der Waals surface area contributed by atoms with Crippen molar-refractivity contribution < 1.29 is 0 Å². The van der Waals surface area contributed by atoms with Gasteiger partial charge in [-0.15, -0.1) is 22.9 Å². The van der Waals surface area contributed by atoms with Gasteiger partial charge in [-0.1, -0.05) is 13.8 Å². The molecule has 86 valence electrons. The van der Waals surface area contributed by atoms with Crippen molar-refractivity contribution in [1.29, 1.82) is 0 Å². The molecular weight excluding hydrogens is 226 g/mol. The average molecular weight is 246 g/mol. The smallest absolute Gasteiger partial charge is 0.0797 e. The Bertz CT molecular complexity index is 283. The topological polar surface area (TPSA) is 12.9 Å². The third-order valence-corrected chi connectivity index (χ3v) is 4.08. The second-order valence-corrected chi connectivity index (χ2v) is 5.80. The van der Waals surface area contributed by atoms with Crippen LogP contribution < -0.4 is 0 Å². The van der Waals surface area contributed by atoms with Gasteiger partial charge in [0, 0.05) is 10.8 Å². The van der Waals surface area contributed by atoms with E-state index in [0.29, 0.717) is 5.92 Å². The number of nitrogens with zero attached hydrogens (tertiary/aromatic N) is 1.